The molecule has 18 heavy (non-hydrogen) atoms. The summed E-state index contributed by atoms with van der Waals surface area (Å²) in [5.74, 6) is 0.743. The van der Waals surface area contributed by atoms with Gasteiger partial charge in [-0.3, -0.25) is 0 Å². The number of benzene rings is 1. The summed E-state index contributed by atoms with van der Waals surface area (Å²) in [4.78, 5) is 6.95. The number of aromatic nitrogens is 1. The summed E-state index contributed by atoms with van der Waals surface area (Å²) in [5.41, 5.74) is 7.60. The summed E-state index contributed by atoms with van der Waals surface area (Å²) in [5, 5.41) is 4.46. The van der Waals surface area contributed by atoms with Crippen molar-refractivity contribution in [1.82, 2.24) is 9.88 Å². The molecule has 2 heterocycles. The molecule has 0 bridgehead atoms. The maximum Gasteiger partial charge on any atom is 0.183 e. The SMILES string of the molecule is CN1CCC(CNc2nc3ccc(N)cc3s2)C1. The van der Waals surface area contributed by atoms with Crippen LogP contribution < -0.4 is 11.1 Å². The highest BCUT2D eigenvalue weighted by molar-refractivity contribution is 7.22. The maximum absolute atomic E-state index is 5.77. The zero-order chi connectivity index (χ0) is 12.5. The van der Waals surface area contributed by atoms with Crippen LogP contribution in [0.5, 0.6) is 0 Å². The second-order valence-electron chi connectivity index (χ2n) is 5.04. The minimum Gasteiger partial charge on any atom is -0.399 e. The van der Waals surface area contributed by atoms with E-state index < -0.39 is 0 Å². The fourth-order valence-electron chi connectivity index (χ4n) is 2.44. The van der Waals surface area contributed by atoms with Gasteiger partial charge in [0, 0.05) is 18.8 Å². The number of nitrogens with two attached hydrogens (primary N) is 1. The van der Waals surface area contributed by atoms with E-state index in [-0.39, 0.29) is 0 Å². The second kappa shape index (κ2) is 4.74. The number of fused-ring (bicyclic) bond motifs is 1. The van der Waals surface area contributed by atoms with E-state index >= 15 is 0 Å². The van der Waals surface area contributed by atoms with Crippen LogP contribution >= 0.6 is 11.3 Å². The third kappa shape index (κ3) is 2.42. The zero-order valence-corrected chi connectivity index (χ0v) is 11.3. The van der Waals surface area contributed by atoms with Gasteiger partial charge < -0.3 is 16.0 Å². The molecule has 3 N–H and O–H groups in total. The van der Waals surface area contributed by atoms with Crippen molar-refractivity contribution in [2.24, 2.45) is 5.92 Å². The maximum atomic E-state index is 5.77. The van der Waals surface area contributed by atoms with Crippen molar-refractivity contribution in [3.63, 3.8) is 0 Å². The number of nitrogen functional groups attached to an aromatic ring is 1. The number of anilines is 2. The number of thiazole rings is 1. The van der Waals surface area contributed by atoms with Crippen LogP contribution in [0.2, 0.25) is 0 Å². The van der Waals surface area contributed by atoms with E-state index in [1.165, 1.54) is 19.5 Å². The predicted molar refractivity (Wildman–Crippen MR) is 78.1 cm³/mol. The van der Waals surface area contributed by atoms with Crippen LogP contribution in [-0.4, -0.2) is 36.6 Å². The Balaban J connectivity index is 1.67. The van der Waals surface area contributed by atoms with Gasteiger partial charge >= 0.3 is 0 Å². The van der Waals surface area contributed by atoms with Gasteiger partial charge in [-0.1, -0.05) is 11.3 Å². The molecule has 2 aromatic rings. The number of hydrogen-bond acceptors (Lipinski definition) is 5. The first-order valence-electron chi connectivity index (χ1n) is 6.29. The summed E-state index contributed by atoms with van der Waals surface area (Å²) < 4.78 is 1.15. The molecule has 1 unspecified atom stereocenters. The van der Waals surface area contributed by atoms with Crippen molar-refractivity contribution in [2.45, 2.75) is 6.42 Å². The largest absolute Gasteiger partial charge is 0.399 e. The lowest BCUT2D eigenvalue weighted by molar-refractivity contribution is 0.399. The number of rotatable bonds is 3. The molecule has 96 valence electrons. The quantitative estimate of drug-likeness (QED) is 0.833. The average Bonchev–Trinajstić information content (AvgIpc) is 2.92. The Morgan fingerprint density at radius 3 is 3.22 bits per heavy atom. The molecule has 0 spiro atoms. The molecule has 4 nitrogen and oxygen atoms in total. The van der Waals surface area contributed by atoms with E-state index in [9.17, 15) is 0 Å². The van der Waals surface area contributed by atoms with Crippen molar-refractivity contribution in [1.29, 1.82) is 0 Å². The monoisotopic (exact) mass is 262 g/mol. The highest BCUT2D eigenvalue weighted by Crippen LogP contribution is 2.28. The zero-order valence-electron chi connectivity index (χ0n) is 10.5. The van der Waals surface area contributed by atoms with Crippen LogP contribution in [0.15, 0.2) is 18.2 Å². The number of nitrogens with zero attached hydrogens (tertiary/aromatic N) is 2. The van der Waals surface area contributed by atoms with Crippen molar-refractivity contribution < 1.29 is 0 Å². The fraction of sp³-hybridized carbons (Fsp3) is 0.462. The smallest absolute Gasteiger partial charge is 0.183 e. The third-order valence-electron chi connectivity index (χ3n) is 3.44. The van der Waals surface area contributed by atoms with E-state index in [1.54, 1.807) is 11.3 Å². The Labute approximate surface area is 111 Å². The first-order chi connectivity index (χ1) is 8.70. The van der Waals surface area contributed by atoms with Gasteiger partial charge in [0.05, 0.1) is 10.2 Å². The van der Waals surface area contributed by atoms with Crippen molar-refractivity contribution in [2.75, 3.05) is 37.7 Å². The molecule has 1 saturated heterocycles. The summed E-state index contributed by atoms with van der Waals surface area (Å²) in [6.07, 6.45) is 1.28. The van der Waals surface area contributed by atoms with Crippen molar-refractivity contribution in [3.8, 4) is 0 Å². The van der Waals surface area contributed by atoms with Crippen molar-refractivity contribution >= 4 is 32.4 Å². The number of nitrogens with one attached hydrogen (secondary N) is 1. The summed E-state index contributed by atoms with van der Waals surface area (Å²) in [7, 11) is 2.18. The Morgan fingerprint density at radius 1 is 1.56 bits per heavy atom. The Bertz CT molecular complexity index is 551. The summed E-state index contributed by atoms with van der Waals surface area (Å²) in [6.45, 7) is 3.41. The highest BCUT2D eigenvalue weighted by atomic mass is 32.1. The minimum atomic E-state index is 0.743. The lowest BCUT2D eigenvalue weighted by Crippen LogP contribution is -2.18. The normalized spacial score (nSPS) is 20.6. The topological polar surface area (TPSA) is 54.2 Å². The van der Waals surface area contributed by atoms with Crippen LogP contribution in [0.25, 0.3) is 10.2 Å². The molecule has 1 aromatic carbocycles. The molecule has 1 aromatic heterocycles. The van der Waals surface area contributed by atoms with Gasteiger partial charge in [0.25, 0.3) is 0 Å². The van der Waals surface area contributed by atoms with E-state index in [2.05, 4.69) is 22.2 Å². The molecular formula is C13H18N4S. The van der Waals surface area contributed by atoms with E-state index in [4.69, 9.17) is 5.73 Å². The molecule has 0 aliphatic carbocycles. The second-order valence-corrected chi connectivity index (χ2v) is 6.07. The Morgan fingerprint density at radius 2 is 2.44 bits per heavy atom. The van der Waals surface area contributed by atoms with Gasteiger partial charge in [-0.25, -0.2) is 4.98 Å². The molecule has 3 rings (SSSR count). The van der Waals surface area contributed by atoms with E-state index in [0.29, 0.717) is 0 Å². The number of hydrogen-bond donors (Lipinski definition) is 2. The molecule has 0 radical (unpaired) electrons. The average molecular weight is 262 g/mol. The Hall–Kier alpha value is -1.33. The number of likely N-dealkylation sites (tertiary alicyclic amines) is 1. The first kappa shape index (κ1) is 11.7. The molecule has 1 fully saturated rings. The predicted octanol–water partition coefficient (Wildman–Crippen LogP) is 2.24. The Kier molecular flexibility index (Phi) is 3.09. The molecular weight excluding hydrogens is 244 g/mol. The van der Waals surface area contributed by atoms with Crippen LogP contribution in [0.1, 0.15) is 6.42 Å². The highest BCUT2D eigenvalue weighted by Gasteiger charge is 2.19. The molecule has 1 aliphatic rings. The molecule has 0 amide bonds. The molecule has 0 saturated carbocycles. The lowest BCUT2D eigenvalue weighted by Gasteiger charge is -2.10. The standard InChI is InChI=1S/C13H18N4S/c1-17-5-4-9(8-17)7-15-13-16-11-3-2-10(14)6-12(11)18-13/h2-3,6,9H,4-5,7-8,14H2,1H3,(H,15,16). The van der Waals surface area contributed by atoms with Crippen molar-refractivity contribution in [3.05, 3.63) is 18.2 Å². The fourth-order valence-corrected chi connectivity index (χ4v) is 3.36. The molecule has 1 atom stereocenters. The van der Waals surface area contributed by atoms with Gasteiger partial charge in [0.1, 0.15) is 0 Å². The summed E-state index contributed by atoms with van der Waals surface area (Å²) in [6, 6.07) is 5.87. The van der Waals surface area contributed by atoms with Crippen LogP contribution in [0.3, 0.4) is 0 Å². The van der Waals surface area contributed by atoms with Gasteiger partial charge in [-0.2, -0.15) is 0 Å². The third-order valence-corrected chi connectivity index (χ3v) is 4.42. The van der Waals surface area contributed by atoms with E-state index in [1.807, 2.05) is 18.2 Å². The van der Waals surface area contributed by atoms with Gasteiger partial charge in [0.15, 0.2) is 5.13 Å². The molecule has 5 heteroatoms. The van der Waals surface area contributed by atoms with Gasteiger partial charge in [-0.15, -0.1) is 0 Å². The van der Waals surface area contributed by atoms with Crippen LogP contribution in [0.4, 0.5) is 10.8 Å². The van der Waals surface area contributed by atoms with Crippen LogP contribution in [-0.2, 0) is 0 Å². The minimum absolute atomic E-state index is 0.743. The van der Waals surface area contributed by atoms with Crippen LogP contribution in [0, 0.1) is 5.92 Å². The van der Waals surface area contributed by atoms with Gasteiger partial charge in [-0.05, 0) is 44.1 Å². The van der Waals surface area contributed by atoms with E-state index in [0.717, 1.165) is 33.5 Å². The summed E-state index contributed by atoms with van der Waals surface area (Å²) >= 11 is 1.68. The lowest BCUT2D eigenvalue weighted by atomic mass is 10.1. The van der Waals surface area contributed by atoms with Gasteiger partial charge in [0.2, 0.25) is 0 Å². The first-order valence-corrected chi connectivity index (χ1v) is 7.11. The molecule has 1 aliphatic heterocycles.